The van der Waals surface area contributed by atoms with E-state index in [9.17, 15) is 38.4 Å². The van der Waals surface area contributed by atoms with Gasteiger partial charge in [0.25, 0.3) is 0 Å². The smallest absolute Gasteiger partial charge is 0.140 e. The van der Waals surface area contributed by atoms with E-state index in [-0.39, 0.29) is 41.1 Å². The van der Waals surface area contributed by atoms with E-state index in [1.54, 1.807) is 0 Å². The zero-order chi connectivity index (χ0) is 99.8. The molecule has 0 aliphatic heterocycles. The molecule has 0 heterocycles. The van der Waals surface area contributed by atoms with Crippen LogP contribution in [0, 0.1) is 101 Å². The number of Topliss-reactive ketones (excluding diaryl/α,β-unsaturated/α-hetero) is 8. The molecule has 0 amide bonds. The average molecular weight is 1770 g/mol. The van der Waals surface area contributed by atoms with Gasteiger partial charge >= 0.3 is 0 Å². The second-order valence-electron chi connectivity index (χ2n) is 41.6. The number of rotatable bonds is 49. The summed E-state index contributed by atoms with van der Waals surface area (Å²) in [5, 5.41) is 0. The van der Waals surface area contributed by atoms with E-state index < -0.39 is 0 Å². The Morgan fingerprint density at radius 3 is 0.571 bits per heavy atom. The molecule has 3 aromatic carbocycles. The second kappa shape index (κ2) is 109. The van der Waals surface area contributed by atoms with Crippen LogP contribution < -0.4 is 0 Å². The second-order valence-corrected chi connectivity index (χ2v) is 41.6. The fourth-order valence-corrected chi connectivity index (χ4v) is 12.0. The summed E-state index contributed by atoms with van der Waals surface area (Å²) in [5.74, 6) is 13.9. The Morgan fingerprint density at radius 1 is 0.198 bits per heavy atom. The Morgan fingerprint density at radius 2 is 0.397 bits per heavy atom. The maximum atomic E-state index is 11.4. The summed E-state index contributed by atoms with van der Waals surface area (Å²) in [6.45, 7) is 88.8. The van der Waals surface area contributed by atoms with Crippen molar-refractivity contribution in [3.8, 4) is 0 Å². The number of benzene rings is 3. The highest BCUT2D eigenvalue weighted by Crippen LogP contribution is 2.26. The Bertz CT molecular complexity index is 2460. The van der Waals surface area contributed by atoms with Gasteiger partial charge in [-0.3, -0.25) is 38.4 Å². The van der Waals surface area contributed by atoms with Crippen LogP contribution in [0.25, 0.3) is 0 Å². The van der Waals surface area contributed by atoms with Crippen molar-refractivity contribution in [2.75, 3.05) is 0 Å². The minimum absolute atomic E-state index is 0.109. The van der Waals surface area contributed by atoms with Gasteiger partial charge in [0.05, 0.1) is 6.42 Å². The minimum Gasteiger partial charge on any atom is -0.300 e. The molecule has 0 N–H and O–H groups in total. The van der Waals surface area contributed by atoms with Crippen molar-refractivity contribution in [2.24, 2.45) is 101 Å². The molecule has 0 unspecified atom stereocenters. The lowest BCUT2D eigenvalue weighted by Crippen LogP contribution is -2.10. The van der Waals surface area contributed by atoms with Gasteiger partial charge in [-0.1, -0.05) is 449 Å². The largest absolute Gasteiger partial charge is 0.300 e. The van der Waals surface area contributed by atoms with Crippen molar-refractivity contribution < 1.29 is 38.4 Å². The van der Waals surface area contributed by atoms with E-state index in [1.807, 2.05) is 151 Å². The molecule has 0 aliphatic carbocycles. The third-order valence-corrected chi connectivity index (χ3v) is 18.8. The first kappa shape index (κ1) is 144. The molecule has 8 heteroatoms. The van der Waals surface area contributed by atoms with Crippen LogP contribution in [0.4, 0.5) is 0 Å². The summed E-state index contributed by atoms with van der Waals surface area (Å²) in [4.78, 5) is 89.5. The molecule has 126 heavy (non-hydrogen) atoms. The molecule has 0 aliphatic rings. The van der Waals surface area contributed by atoms with E-state index in [2.05, 4.69) is 235 Å². The van der Waals surface area contributed by atoms with Gasteiger partial charge in [0, 0.05) is 89.9 Å². The Hall–Kier alpha value is -5.24. The number of carbonyl (C=O) groups excluding carboxylic acids is 8. The van der Waals surface area contributed by atoms with E-state index in [1.165, 1.54) is 95.5 Å². The van der Waals surface area contributed by atoms with Crippen molar-refractivity contribution in [3.05, 3.63) is 121 Å². The molecule has 0 aromatic heterocycles. The summed E-state index contributed by atoms with van der Waals surface area (Å²) >= 11 is 0. The molecule has 0 saturated heterocycles. The maximum Gasteiger partial charge on any atom is 0.140 e. The molecule has 0 radical (unpaired) electrons. The van der Waals surface area contributed by atoms with Crippen LogP contribution in [0.2, 0.25) is 0 Å². The van der Waals surface area contributed by atoms with E-state index in [0.29, 0.717) is 129 Å². The van der Waals surface area contributed by atoms with E-state index >= 15 is 0 Å². The zero-order valence-electron chi connectivity index (χ0n) is 91.7. The fraction of sp³-hybridized carbons (Fsp3) is 0.763. The summed E-state index contributed by atoms with van der Waals surface area (Å²) in [5.41, 5.74) is 1.40. The van der Waals surface area contributed by atoms with Crippen molar-refractivity contribution in [1.82, 2.24) is 0 Å². The summed E-state index contributed by atoms with van der Waals surface area (Å²) in [6.07, 6.45) is 32.1. The number of unbranched alkanes of at least 4 members (excludes halogenated alkanes) is 1. The predicted octanol–water partition coefficient (Wildman–Crippen LogP) is 37.5. The van der Waals surface area contributed by atoms with E-state index in [4.69, 9.17) is 0 Å². The van der Waals surface area contributed by atoms with Gasteiger partial charge in [-0.15, -0.1) is 0 Å². The third kappa shape index (κ3) is 165. The molecule has 8 nitrogen and oxygen atoms in total. The lowest BCUT2D eigenvalue weighted by molar-refractivity contribution is -0.127. The van der Waals surface area contributed by atoms with Crippen molar-refractivity contribution in [2.45, 2.75) is 488 Å². The molecular formula is C118H222O8. The molecule has 0 bridgehead atoms. The van der Waals surface area contributed by atoms with Crippen LogP contribution >= 0.6 is 0 Å². The molecular weight excluding hydrogens is 1550 g/mol. The Kier molecular flexibility index (Phi) is 124. The highest BCUT2D eigenvalue weighted by atomic mass is 16.2. The molecule has 0 fully saturated rings. The quantitative estimate of drug-likeness (QED) is 0.0403. The number of hydrogen-bond donors (Lipinski definition) is 0. The van der Waals surface area contributed by atoms with Gasteiger partial charge in [-0.05, 0) is 165 Å². The summed E-state index contributed by atoms with van der Waals surface area (Å²) in [7, 11) is 0. The highest BCUT2D eigenvalue weighted by Gasteiger charge is 2.16. The SMILES string of the molecule is C=C(CCCC)C(C)C.CC(C)CC(CC(C)C)CC(C)C.CC(C)CCC(=O)CC(=O)CCC(C)C.CC(C)CCC(=O)CC(C)C.CC(C)CCC(=O)CCC(=O)CC(C)C.CCC(=O)CCC(=O)CC(C)C.CCCC(=O)CC(C)C.CCCC(C)C.CCCC(C)C.CCCC(C)C.CCCC(C)C.c1ccccc1.c1ccccc1.c1ccccc1. The monoisotopic (exact) mass is 1770 g/mol. The Balaban J connectivity index is -0.000000127. The van der Waals surface area contributed by atoms with Gasteiger partial charge in [0.1, 0.15) is 46.3 Å². The molecule has 3 aromatic rings. The number of allylic oxidation sites excluding steroid dienone is 1. The Labute approximate surface area is 790 Å². The van der Waals surface area contributed by atoms with Gasteiger partial charge in [-0.25, -0.2) is 0 Å². The van der Waals surface area contributed by atoms with Crippen molar-refractivity contribution in [1.29, 1.82) is 0 Å². The van der Waals surface area contributed by atoms with Gasteiger partial charge in [-0.2, -0.15) is 0 Å². The summed E-state index contributed by atoms with van der Waals surface area (Å²) < 4.78 is 0. The van der Waals surface area contributed by atoms with Crippen LogP contribution in [-0.4, -0.2) is 46.3 Å². The lowest BCUT2D eigenvalue weighted by atomic mass is 9.84. The first-order chi connectivity index (χ1) is 58.7. The van der Waals surface area contributed by atoms with Crippen LogP contribution in [-0.2, 0) is 38.4 Å². The zero-order valence-corrected chi connectivity index (χ0v) is 91.7. The first-order valence-electron chi connectivity index (χ1n) is 51.6. The normalized spacial score (nSPS) is 10.4. The third-order valence-electron chi connectivity index (χ3n) is 18.8. The maximum absolute atomic E-state index is 11.4. The molecule has 3 rings (SSSR count). The molecule has 0 spiro atoms. The van der Waals surface area contributed by atoms with Crippen LogP contribution in [0.5, 0.6) is 0 Å². The molecule has 0 atom stereocenters. The van der Waals surface area contributed by atoms with Crippen LogP contribution in [0.15, 0.2) is 121 Å². The van der Waals surface area contributed by atoms with E-state index in [0.717, 1.165) is 105 Å². The van der Waals surface area contributed by atoms with Gasteiger partial charge in [0.15, 0.2) is 0 Å². The topological polar surface area (TPSA) is 137 Å². The molecule has 0 saturated carbocycles. The fourth-order valence-electron chi connectivity index (χ4n) is 12.0. The summed E-state index contributed by atoms with van der Waals surface area (Å²) in [6, 6.07) is 36.0. The van der Waals surface area contributed by atoms with Crippen molar-refractivity contribution >= 4 is 46.3 Å². The van der Waals surface area contributed by atoms with Crippen LogP contribution in [0.3, 0.4) is 0 Å². The standard InChI is InChI=1S/2C13H24O2.C13H28.C10H18O2.C10H20O.C9H18.C8H16O.3C6H6.4C6H14/c1-10(2)5-7-12(14)9-13(15)8-6-11(3)4;1-10(2)5-6-12(14)7-8-13(15)9-11(3)4;1-10(2)7-13(8-11(3)4)9-12(5)6;1-4-9(11)5-6-10(12)7-8(2)3;1-8(2)5-6-10(11)7-9(3)4;1-5-6-7-9(4)8(2)3;1-4-5-8(9)6-7(2)3;3*1-2-4-6-5-3-1;4*1-4-5-6(2)3/h2*10-11H,5-9H2,1-4H3;10-13H,7-9H2,1-6H3;8H,4-7H2,1-3H3;8-9H,5-7H2,1-4H3;8H,4-7H2,1-3H3;7H,4-6H2,1-3H3;3*1-6H;4*6H,4-5H2,1-3H3. The molecule has 742 valence electrons. The first-order valence-corrected chi connectivity index (χ1v) is 51.6. The number of ketones is 8. The van der Waals surface area contributed by atoms with Crippen molar-refractivity contribution in [3.63, 3.8) is 0 Å². The van der Waals surface area contributed by atoms with Crippen LogP contribution in [0.1, 0.15) is 488 Å². The highest BCUT2D eigenvalue weighted by molar-refractivity contribution is 5.99. The van der Waals surface area contributed by atoms with Gasteiger partial charge < -0.3 is 0 Å². The lowest BCUT2D eigenvalue weighted by Gasteiger charge is -2.22. The predicted molar refractivity (Wildman–Crippen MR) is 566 cm³/mol. The number of carbonyl (C=O) groups is 8. The van der Waals surface area contributed by atoms with Gasteiger partial charge in [0.2, 0.25) is 0 Å². The number of hydrogen-bond acceptors (Lipinski definition) is 8. The minimum atomic E-state index is 0.109. The average Bonchev–Trinajstić information content (AvgIpc) is 0.962.